The van der Waals surface area contributed by atoms with Gasteiger partial charge in [0.05, 0.1) is 11.0 Å². The van der Waals surface area contributed by atoms with Gasteiger partial charge in [0.15, 0.2) is 0 Å². The summed E-state index contributed by atoms with van der Waals surface area (Å²) in [6, 6.07) is 7.28. The van der Waals surface area contributed by atoms with Crippen LogP contribution in [0.15, 0.2) is 34.2 Å². The number of fused-ring (bicyclic) bond motifs is 1. The van der Waals surface area contributed by atoms with Crippen LogP contribution >= 0.6 is 11.8 Å². The van der Waals surface area contributed by atoms with E-state index in [1.54, 1.807) is 10.6 Å². The Hall–Kier alpha value is -2.43. The van der Waals surface area contributed by atoms with Crippen molar-refractivity contribution in [3.8, 4) is 0 Å². The molecule has 1 aromatic carbocycles. The third kappa shape index (κ3) is 3.11. The molecule has 0 spiro atoms. The van der Waals surface area contributed by atoms with E-state index in [9.17, 15) is 18.0 Å². The van der Waals surface area contributed by atoms with E-state index < -0.39 is 12.0 Å². The molecular formula is C13H13F3N6OS. The highest BCUT2D eigenvalue weighted by Crippen LogP contribution is 2.29. The highest BCUT2D eigenvalue weighted by atomic mass is 32.2. The predicted octanol–water partition coefficient (Wildman–Crippen LogP) is 1.84. The zero-order valence-electron chi connectivity index (χ0n) is 12.2. The molecule has 7 nitrogen and oxygen atoms in total. The van der Waals surface area contributed by atoms with Crippen LogP contribution in [0.5, 0.6) is 0 Å². The number of hydrogen-bond donors (Lipinski definition) is 2. The van der Waals surface area contributed by atoms with Crippen LogP contribution < -0.4 is 11.5 Å². The summed E-state index contributed by atoms with van der Waals surface area (Å²) in [5, 5.41) is 6.47. The summed E-state index contributed by atoms with van der Waals surface area (Å²) in [5.41, 5.74) is 1.31. The minimum atomic E-state index is -4.64. The van der Waals surface area contributed by atoms with Crippen molar-refractivity contribution in [2.24, 2.45) is 0 Å². The van der Waals surface area contributed by atoms with Crippen LogP contribution in [-0.4, -0.2) is 30.2 Å². The van der Waals surface area contributed by atoms with E-state index in [0.29, 0.717) is 23.4 Å². The number of imidazole rings is 1. The van der Waals surface area contributed by atoms with Crippen LogP contribution in [0, 0.1) is 0 Å². The van der Waals surface area contributed by atoms with Gasteiger partial charge < -0.3 is 10.8 Å². The summed E-state index contributed by atoms with van der Waals surface area (Å²) in [6.07, 6.45) is -4.08. The number of para-hydroxylation sites is 2. The molecule has 0 radical (unpaired) electrons. The van der Waals surface area contributed by atoms with Gasteiger partial charge in [0.2, 0.25) is 5.16 Å². The van der Waals surface area contributed by atoms with Crippen LogP contribution in [0.1, 0.15) is 12.2 Å². The fourth-order valence-corrected chi connectivity index (χ4v) is 3.06. The molecule has 11 heteroatoms. The number of alkyl halides is 3. The van der Waals surface area contributed by atoms with Crippen molar-refractivity contribution < 1.29 is 13.2 Å². The quantitative estimate of drug-likeness (QED) is 0.412. The van der Waals surface area contributed by atoms with Crippen molar-refractivity contribution >= 4 is 22.8 Å². The highest BCUT2D eigenvalue weighted by molar-refractivity contribution is 7.99. The number of nitrogens with two attached hydrogens (primary N) is 1. The molecule has 0 aliphatic carbocycles. The number of H-pyrrole nitrogens is 1. The zero-order chi connectivity index (χ0) is 17.3. The molecule has 0 saturated heterocycles. The first-order valence-electron chi connectivity index (χ1n) is 6.96. The Labute approximate surface area is 137 Å². The molecule has 0 fully saturated rings. The molecule has 0 unspecified atom stereocenters. The normalized spacial score (nSPS) is 12.1. The van der Waals surface area contributed by atoms with Gasteiger partial charge in [-0.3, -0.25) is 4.57 Å². The van der Waals surface area contributed by atoms with E-state index in [2.05, 4.69) is 15.2 Å². The minimum absolute atomic E-state index is 0.0198. The monoisotopic (exact) mass is 358 g/mol. The van der Waals surface area contributed by atoms with Crippen molar-refractivity contribution in [2.75, 3.05) is 11.6 Å². The second kappa shape index (κ2) is 6.23. The summed E-state index contributed by atoms with van der Waals surface area (Å²) in [4.78, 5) is 14.6. The third-order valence-corrected chi connectivity index (χ3v) is 4.39. The van der Waals surface area contributed by atoms with Gasteiger partial charge in [-0.25, -0.2) is 9.47 Å². The van der Waals surface area contributed by atoms with E-state index in [0.717, 1.165) is 22.8 Å². The second-order valence-corrected chi connectivity index (χ2v) is 6.04. The fourth-order valence-electron chi connectivity index (χ4n) is 2.28. The Morgan fingerprint density at radius 1 is 1.25 bits per heavy atom. The molecule has 0 bridgehead atoms. The lowest BCUT2D eigenvalue weighted by molar-refractivity contribution is -0.146. The van der Waals surface area contributed by atoms with E-state index in [1.807, 2.05) is 18.2 Å². The molecule has 0 atom stereocenters. The fraction of sp³-hybridized carbons (Fsp3) is 0.308. The molecular weight excluding hydrogens is 345 g/mol. The number of nitrogens with one attached hydrogen (secondary N) is 1. The first-order chi connectivity index (χ1) is 11.4. The minimum Gasteiger partial charge on any atom is -0.335 e. The average molecular weight is 358 g/mol. The second-order valence-electron chi connectivity index (χ2n) is 4.97. The largest absolute Gasteiger partial charge is 0.453 e. The molecule has 3 rings (SSSR count). The molecule has 24 heavy (non-hydrogen) atoms. The lowest BCUT2D eigenvalue weighted by Gasteiger charge is -2.06. The molecule has 3 N–H and O–H groups in total. The van der Waals surface area contributed by atoms with Gasteiger partial charge in [-0.2, -0.15) is 13.2 Å². The van der Waals surface area contributed by atoms with Gasteiger partial charge in [-0.1, -0.05) is 23.9 Å². The van der Waals surface area contributed by atoms with Crippen LogP contribution in [0.25, 0.3) is 11.0 Å². The lowest BCUT2D eigenvalue weighted by atomic mass is 10.3. The third-order valence-electron chi connectivity index (χ3n) is 3.36. The average Bonchev–Trinajstić information content (AvgIpc) is 3.03. The van der Waals surface area contributed by atoms with Gasteiger partial charge in [-0.05, 0) is 18.6 Å². The molecule has 2 heterocycles. The molecule has 128 valence electrons. The molecule has 2 aromatic heterocycles. The van der Waals surface area contributed by atoms with Gasteiger partial charge in [-0.15, -0.1) is 10.2 Å². The number of aromatic nitrogens is 5. The lowest BCUT2D eigenvalue weighted by Crippen LogP contribution is -2.21. The van der Waals surface area contributed by atoms with Gasteiger partial charge >= 0.3 is 11.9 Å². The summed E-state index contributed by atoms with van der Waals surface area (Å²) >= 11 is 1.06. The number of thioether (sulfide) groups is 1. The summed E-state index contributed by atoms with van der Waals surface area (Å²) in [6.45, 7) is 0.431. The maximum absolute atomic E-state index is 12.6. The van der Waals surface area contributed by atoms with Crippen molar-refractivity contribution in [3.05, 3.63) is 40.6 Å². The number of nitrogen functional groups attached to an aromatic ring is 1. The van der Waals surface area contributed by atoms with Gasteiger partial charge in [0.1, 0.15) is 0 Å². The van der Waals surface area contributed by atoms with Gasteiger partial charge in [0.25, 0.3) is 5.82 Å². The van der Waals surface area contributed by atoms with Crippen molar-refractivity contribution in [3.63, 3.8) is 0 Å². The predicted molar refractivity (Wildman–Crippen MR) is 83.1 cm³/mol. The Bertz CT molecular complexity index is 912. The standard InChI is InChI=1S/C13H13F3N6OS/c14-13(15,16)10-19-20-12(22(10)17)24-7-3-6-21-9-5-2-1-4-8(9)18-11(21)23/h1-2,4-5H,3,6-7,17H2,(H,18,23). The first-order valence-corrected chi connectivity index (χ1v) is 7.94. The number of halogens is 3. The number of nitrogens with zero attached hydrogens (tertiary/aromatic N) is 4. The van der Waals surface area contributed by atoms with Crippen molar-refractivity contribution in [1.29, 1.82) is 0 Å². The SMILES string of the molecule is Nn1c(SCCCn2c(=O)[nH]c3ccccc32)nnc1C(F)(F)F. The van der Waals surface area contributed by atoms with Crippen LogP contribution in [0.4, 0.5) is 13.2 Å². The molecule has 0 aliphatic rings. The van der Waals surface area contributed by atoms with E-state index >= 15 is 0 Å². The summed E-state index contributed by atoms with van der Waals surface area (Å²) in [7, 11) is 0. The molecule has 0 aliphatic heterocycles. The topological polar surface area (TPSA) is 94.5 Å². The molecule has 0 amide bonds. The maximum Gasteiger partial charge on any atom is 0.453 e. The molecule has 0 saturated carbocycles. The number of aromatic amines is 1. The zero-order valence-corrected chi connectivity index (χ0v) is 13.1. The van der Waals surface area contributed by atoms with E-state index in [4.69, 9.17) is 5.84 Å². The smallest absolute Gasteiger partial charge is 0.335 e. The van der Waals surface area contributed by atoms with Crippen LogP contribution in [0.3, 0.4) is 0 Å². The summed E-state index contributed by atoms with van der Waals surface area (Å²) in [5.74, 6) is 4.56. The Morgan fingerprint density at radius 3 is 2.71 bits per heavy atom. The Balaban J connectivity index is 1.62. The maximum atomic E-state index is 12.6. The van der Waals surface area contributed by atoms with E-state index in [-0.39, 0.29) is 10.8 Å². The Kier molecular flexibility index (Phi) is 4.26. The number of benzene rings is 1. The number of hydrogen-bond acceptors (Lipinski definition) is 5. The number of aryl methyl sites for hydroxylation is 1. The van der Waals surface area contributed by atoms with E-state index in [1.165, 1.54) is 0 Å². The highest BCUT2D eigenvalue weighted by Gasteiger charge is 2.38. The summed E-state index contributed by atoms with van der Waals surface area (Å²) < 4.78 is 39.7. The molecule has 3 aromatic rings. The van der Waals surface area contributed by atoms with Crippen molar-refractivity contribution in [2.45, 2.75) is 24.3 Å². The number of rotatable bonds is 5. The first kappa shape index (κ1) is 16.4. The van der Waals surface area contributed by atoms with Gasteiger partial charge in [0, 0.05) is 12.3 Å². The Morgan fingerprint density at radius 2 is 2.00 bits per heavy atom. The van der Waals surface area contributed by atoms with Crippen LogP contribution in [0.2, 0.25) is 0 Å². The van der Waals surface area contributed by atoms with Crippen molar-refractivity contribution in [1.82, 2.24) is 24.4 Å². The van der Waals surface area contributed by atoms with Crippen LogP contribution in [-0.2, 0) is 12.7 Å².